The minimum Gasteiger partial charge on any atom is -0.391 e. The number of amides is 1. The standard InChI is InChI=1S/C13H16ClIN2OS/c1-3-13(4-2,12(16)19)17-11(18)8-5-6-10(15)9(14)7-8/h5-7H,3-4H2,1-2H3,(H2,16,19)(H,17,18). The molecule has 1 aromatic carbocycles. The van der Waals surface area contributed by atoms with Crippen LogP contribution in [-0.4, -0.2) is 16.4 Å². The lowest BCUT2D eigenvalue weighted by Gasteiger charge is -2.31. The van der Waals surface area contributed by atoms with Crippen molar-refractivity contribution >= 4 is 57.3 Å². The minimum absolute atomic E-state index is 0.213. The molecule has 3 nitrogen and oxygen atoms in total. The Balaban J connectivity index is 3.00. The van der Waals surface area contributed by atoms with Crippen LogP contribution >= 0.6 is 46.4 Å². The number of thiocarbonyl (C=S) groups is 1. The number of nitrogens with one attached hydrogen (secondary N) is 1. The molecule has 0 aliphatic carbocycles. The van der Waals surface area contributed by atoms with Crippen LogP contribution in [0.4, 0.5) is 0 Å². The fourth-order valence-corrected chi connectivity index (χ4v) is 2.62. The minimum atomic E-state index is -0.637. The Morgan fingerprint density at radius 1 is 1.47 bits per heavy atom. The van der Waals surface area contributed by atoms with E-state index in [4.69, 9.17) is 29.6 Å². The Bertz CT molecular complexity index is 503. The van der Waals surface area contributed by atoms with E-state index in [1.165, 1.54) is 0 Å². The summed E-state index contributed by atoms with van der Waals surface area (Å²) in [6, 6.07) is 5.19. The highest BCUT2D eigenvalue weighted by molar-refractivity contribution is 14.1. The molecule has 0 aliphatic rings. The van der Waals surface area contributed by atoms with E-state index in [0.29, 0.717) is 28.4 Å². The number of hydrogen-bond acceptors (Lipinski definition) is 2. The van der Waals surface area contributed by atoms with Crippen LogP contribution in [0, 0.1) is 3.57 Å². The van der Waals surface area contributed by atoms with E-state index in [-0.39, 0.29) is 5.91 Å². The van der Waals surface area contributed by atoms with Gasteiger partial charge in [0, 0.05) is 9.13 Å². The van der Waals surface area contributed by atoms with E-state index in [0.717, 1.165) is 3.57 Å². The molecule has 0 saturated heterocycles. The Labute approximate surface area is 137 Å². The molecular weight excluding hydrogens is 395 g/mol. The molecule has 0 spiro atoms. The maximum atomic E-state index is 12.3. The summed E-state index contributed by atoms with van der Waals surface area (Å²) >= 11 is 13.2. The first-order valence-electron chi connectivity index (χ1n) is 5.93. The summed E-state index contributed by atoms with van der Waals surface area (Å²) in [5.74, 6) is -0.213. The number of rotatable bonds is 5. The maximum absolute atomic E-state index is 12.3. The molecule has 0 fully saturated rings. The van der Waals surface area contributed by atoms with Gasteiger partial charge in [0.2, 0.25) is 0 Å². The highest BCUT2D eigenvalue weighted by Crippen LogP contribution is 2.21. The Hall–Kier alpha value is -0.400. The van der Waals surface area contributed by atoms with Crippen molar-refractivity contribution in [1.29, 1.82) is 0 Å². The smallest absolute Gasteiger partial charge is 0.252 e. The molecule has 104 valence electrons. The molecular formula is C13H16ClIN2OS. The van der Waals surface area contributed by atoms with E-state index in [2.05, 4.69) is 27.9 Å². The van der Waals surface area contributed by atoms with Crippen molar-refractivity contribution < 1.29 is 4.79 Å². The summed E-state index contributed by atoms with van der Waals surface area (Å²) in [5, 5.41) is 3.48. The van der Waals surface area contributed by atoms with Crippen LogP contribution in [-0.2, 0) is 0 Å². The van der Waals surface area contributed by atoms with Crippen LogP contribution in [0.2, 0.25) is 5.02 Å². The number of halogens is 2. The average molecular weight is 411 g/mol. The summed E-state index contributed by atoms with van der Waals surface area (Å²) in [4.78, 5) is 12.6. The third kappa shape index (κ3) is 3.79. The molecule has 0 atom stereocenters. The van der Waals surface area contributed by atoms with Gasteiger partial charge in [0.25, 0.3) is 5.91 Å². The summed E-state index contributed by atoms with van der Waals surface area (Å²) in [5.41, 5.74) is 5.63. The second-order valence-corrected chi connectivity index (χ2v) is 6.25. The predicted octanol–water partition coefficient (Wildman–Crippen LogP) is 3.52. The lowest BCUT2D eigenvalue weighted by atomic mass is 9.92. The fraction of sp³-hybridized carbons (Fsp3) is 0.385. The highest BCUT2D eigenvalue weighted by Gasteiger charge is 2.31. The number of benzene rings is 1. The van der Waals surface area contributed by atoms with Crippen molar-refractivity contribution in [3.05, 3.63) is 32.4 Å². The predicted molar refractivity (Wildman–Crippen MR) is 91.7 cm³/mol. The van der Waals surface area contributed by atoms with Crippen LogP contribution in [0.5, 0.6) is 0 Å². The Morgan fingerprint density at radius 3 is 2.47 bits per heavy atom. The van der Waals surface area contributed by atoms with Gasteiger partial charge in [0.1, 0.15) is 0 Å². The molecule has 0 radical (unpaired) electrons. The van der Waals surface area contributed by atoms with Gasteiger partial charge < -0.3 is 11.1 Å². The van der Waals surface area contributed by atoms with E-state index in [1.54, 1.807) is 18.2 Å². The van der Waals surface area contributed by atoms with Gasteiger partial charge in [-0.05, 0) is 53.6 Å². The number of carbonyl (C=O) groups excluding carboxylic acids is 1. The van der Waals surface area contributed by atoms with Crippen LogP contribution in [0.15, 0.2) is 18.2 Å². The van der Waals surface area contributed by atoms with E-state index < -0.39 is 5.54 Å². The second-order valence-electron chi connectivity index (χ2n) is 4.24. The topological polar surface area (TPSA) is 55.1 Å². The molecule has 6 heteroatoms. The summed E-state index contributed by atoms with van der Waals surface area (Å²) in [6.45, 7) is 3.90. The molecule has 0 unspecified atom stereocenters. The number of carbonyl (C=O) groups is 1. The van der Waals surface area contributed by atoms with Gasteiger partial charge in [-0.2, -0.15) is 0 Å². The molecule has 0 bridgehead atoms. The van der Waals surface area contributed by atoms with Gasteiger partial charge in [-0.25, -0.2) is 0 Å². The summed E-state index contributed by atoms with van der Waals surface area (Å²) < 4.78 is 0.905. The quantitative estimate of drug-likeness (QED) is 0.577. The first-order valence-corrected chi connectivity index (χ1v) is 7.80. The zero-order valence-electron chi connectivity index (χ0n) is 10.8. The number of nitrogens with two attached hydrogens (primary N) is 1. The van der Waals surface area contributed by atoms with Gasteiger partial charge >= 0.3 is 0 Å². The van der Waals surface area contributed by atoms with Crippen LogP contribution in [0.3, 0.4) is 0 Å². The third-order valence-corrected chi connectivity index (χ3v) is 5.18. The van der Waals surface area contributed by atoms with Crippen molar-refractivity contribution in [2.45, 2.75) is 32.2 Å². The van der Waals surface area contributed by atoms with Crippen LogP contribution < -0.4 is 11.1 Å². The number of hydrogen-bond donors (Lipinski definition) is 2. The van der Waals surface area contributed by atoms with Crippen molar-refractivity contribution in [3.63, 3.8) is 0 Å². The Kier molecular flexibility index (Phi) is 6.01. The molecule has 19 heavy (non-hydrogen) atoms. The monoisotopic (exact) mass is 410 g/mol. The molecule has 3 N–H and O–H groups in total. The lowest BCUT2D eigenvalue weighted by molar-refractivity contribution is 0.0920. The van der Waals surface area contributed by atoms with Crippen LogP contribution in [0.1, 0.15) is 37.0 Å². The average Bonchev–Trinajstić information content (AvgIpc) is 2.38. The van der Waals surface area contributed by atoms with Crippen molar-refractivity contribution in [3.8, 4) is 0 Å². The summed E-state index contributed by atoms with van der Waals surface area (Å²) in [7, 11) is 0. The van der Waals surface area contributed by atoms with E-state index in [9.17, 15) is 4.79 Å². The van der Waals surface area contributed by atoms with Crippen molar-refractivity contribution in [1.82, 2.24) is 5.32 Å². The third-order valence-electron chi connectivity index (χ3n) is 3.21. The summed E-state index contributed by atoms with van der Waals surface area (Å²) in [6.07, 6.45) is 1.31. The van der Waals surface area contributed by atoms with Crippen molar-refractivity contribution in [2.24, 2.45) is 5.73 Å². The molecule has 0 heterocycles. The Morgan fingerprint density at radius 2 is 2.05 bits per heavy atom. The zero-order valence-corrected chi connectivity index (χ0v) is 14.5. The normalized spacial score (nSPS) is 11.2. The molecule has 0 saturated carbocycles. The molecule has 1 rings (SSSR count). The van der Waals surface area contributed by atoms with Crippen molar-refractivity contribution in [2.75, 3.05) is 0 Å². The van der Waals surface area contributed by atoms with Gasteiger partial charge in [-0.1, -0.05) is 37.7 Å². The second kappa shape index (κ2) is 6.85. The van der Waals surface area contributed by atoms with E-state index >= 15 is 0 Å². The van der Waals surface area contributed by atoms with Gasteiger partial charge in [-0.15, -0.1) is 0 Å². The van der Waals surface area contributed by atoms with Crippen LogP contribution in [0.25, 0.3) is 0 Å². The molecule has 1 amide bonds. The lowest BCUT2D eigenvalue weighted by Crippen LogP contribution is -2.55. The maximum Gasteiger partial charge on any atom is 0.252 e. The largest absolute Gasteiger partial charge is 0.391 e. The first-order chi connectivity index (χ1) is 8.86. The SMILES string of the molecule is CCC(CC)(NC(=O)c1ccc(I)c(Cl)c1)C(N)=S. The van der Waals surface area contributed by atoms with Gasteiger partial charge in [-0.3, -0.25) is 4.79 Å². The van der Waals surface area contributed by atoms with Gasteiger partial charge in [0.05, 0.1) is 15.6 Å². The molecule has 1 aromatic rings. The fourth-order valence-electron chi connectivity index (χ4n) is 1.76. The highest BCUT2D eigenvalue weighted by atomic mass is 127. The van der Waals surface area contributed by atoms with Gasteiger partial charge in [0.15, 0.2) is 0 Å². The van der Waals surface area contributed by atoms with E-state index in [1.807, 2.05) is 13.8 Å². The zero-order chi connectivity index (χ0) is 14.6. The first kappa shape index (κ1) is 16.7. The molecule has 0 aromatic heterocycles. The molecule has 0 aliphatic heterocycles.